The summed E-state index contributed by atoms with van der Waals surface area (Å²) in [6.07, 6.45) is 0. The number of hydrogen-bond acceptors (Lipinski definition) is 4. The Labute approximate surface area is 149 Å². The van der Waals surface area contributed by atoms with Crippen LogP contribution in [0.15, 0.2) is 70.5 Å². The average Bonchev–Trinajstić information content (AvgIpc) is 2.63. The van der Waals surface area contributed by atoms with Gasteiger partial charge in [-0.05, 0) is 30.7 Å². The summed E-state index contributed by atoms with van der Waals surface area (Å²) in [5, 5.41) is 10.7. The van der Waals surface area contributed by atoms with E-state index >= 15 is 0 Å². The molecule has 0 saturated carbocycles. The Morgan fingerprint density at radius 1 is 0.800 bits per heavy atom. The van der Waals surface area contributed by atoms with Gasteiger partial charge in [0, 0.05) is 21.6 Å². The van der Waals surface area contributed by atoms with Crippen LogP contribution >= 0.6 is 11.8 Å². The van der Waals surface area contributed by atoms with Crippen molar-refractivity contribution in [1.29, 1.82) is 0 Å². The molecule has 0 fully saturated rings. The second-order valence-electron chi connectivity index (χ2n) is 5.91. The summed E-state index contributed by atoms with van der Waals surface area (Å²) in [4.78, 5) is 27.3. The number of benzene rings is 3. The zero-order valence-electron chi connectivity index (χ0n) is 13.4. The molecule has 0 amide bonds. The Hall–Kier alpha value is -2.85. The van der Waals surface area contributed by atoms with Gasteiger partial charge in [0.1, 0.15) is 5.75 Å². The van der Waals surface area contributed by atoms with Gasteiger partial charge in [0.15, 0.2) is 11.6 Å². The lowest BCUT2D eigenvalue weighted by molar-refractivity contribution is 0.0975. The third kappa shape index (κ3) is 2.46. The molecule has 25 heavy (non-hydrogen) atoms. The highest BCUT2D eigenvalue weighted by molar-refractivity contribution is 7.99. The average molecular weight is 346 g/mol. The summed E-state index contributed by atoms with van der Waals surface area (Å²) in [7, 11) is 0. The maximum Gasteiger partial charge on any atom is 0.198 e. The van der Waals surface area contributed by atoms with Gasteiger partial charge < -0.3 is 5.11 Å². The minimum Gasteiger partial charge on any atom is -0.506 e. The smallest absolute Gasteiger partial charge is 0.198 e. The van der Waals surface area contributed by atoms with Crippen molar-refractivity contribution in [3.8, 4) is 5.75 Å². The van der Waals surface area contributed by atoms with E-state index in [1.165, 1.54) is 11.8 Å². The number of carbonyl (C=O) groups excluding carboxylic acids is 2. The number of phenolic OH excluding ortho intramolecular Hbond substituents is 1. The minimum atomic E-state index is -0.304. The van der Waals surface area contributed by atoms with Crippen molar-refractivity contribution in [1.82, 2.24) is 0 Å². The molecule has 0 saturated heterocycles. The van der Waals surface area contributed by atoms with Crippen molar-refractivity contribution < 1.29 is 14.7 Å². The van der Waals surface area contributed by atoms with Crippen LogP contribution in [0.4, 0.5) is 0 Å². The Bertz CT molecular complexity index is 1020. The minimum absolute atomic E-state index is 0.113. The van der Waals surface area contributed by atoms with E-state index in [0.717, 1.165) is 4.90 Å². The van der Waals surface area contributed by atoms with Crippen molar-refractivity contribution in [2.75, 3.05) is 0 Å². The van der Waals surface area contributed by atoms with Crippen molar-refractivity contribution in [2.45, 2.75) is 16.7 Å². The van der Waals surface area contributed by atoms with E-state index in [2.05, 4.69) is 0 Å². The molecule has 4 rings (SSSR count). The molecule has 0 bridgehead atoms. The van der Waals surface area contributed by atoms with Gasteiger partial charge in [0.05, 0.1) is 10.5 Å². The van der Waals surface area contributed by atoms with Gasteiger partial charge in [-0.2, -0.15) is 0 Å². The van der Waals surface area contributed by atoms with Crippen LogP contribution in [0.25, 0.3) is 0 Å². The molecular weight excluding hydrogens is 332 g/mol. The van der Waals surface area contributed by atoms with Gasteiger partial charge in [-0.3, -0.25) is 9.59 Å². The van der Waals surface area contributed by atoms with Crippen molar-refractivity contribution in [3.05, 3.63) is 88.5 Å². The van der Waals surface area contributed by atoms with Crippen LogP contribution in [0.3, 0.4) is 0 Å². The number of ketones is 2. The lowest BCUT2D eigenvalue weighted by Crippen LogP contribution is -2.22. The number of fused-ring (bicyclic) bond motifs is 2. The molecule has 0 unspecified atom stereocenters. The normalized spacial score (nSPS) is 12.7. The van der Waals surface area contributed by atoms with E-state index in [0.29, 0.717) is 27.1 Å². The maximum atomic E-state index is 12.9. The zero-order valence-corrected chi connectivity index (χ0v) is 14.3. The Kier molecular flexibility index (Phi) is 3.70. The topological polar surface area (TPSA) is 54.4 Å². The second-order valence-corrected chi connectivity index (χ2v) is 7.02. The van der Waals surface area contributed by atoms with Gasteiger partial charge in [0.2, 0.25) is 0 Å². The lowest BCUT2D eigenvalue weighted by atomic mass is 9.81. The summed E-state index contributed by atoms with van der Waals surface area (Å²) in [5.74, 6) is -0.641. The standard InChI is InChI=1S/C21H14O3S/c1-12-11-16(25-13-7-3-2-4-8-13)21(24)18-17(12)19(22)14-9-5-6-10-15(14)20(18)23/h2-11,24H,1H3. The number of hydrogen-bond donors (Lipinski definition) is 1. The fourth-order valence-corrected chi connectivity index (χ4v) is 4.11. The molecule has 1 N–H and O–H groups in total. The van der Waals surface area contributed by atoms with E-state index < -0.39 is 0 Å². The van der Waals surface area contributed by atoms with Crippen LogP contribution in [-0.4, -0.2) is 16.7 Å². The van der Waals surface area contributed by atoms with Crippen LogP contribution in [0.2, 0.25) is 0 Å². The first-order valence-electron chi connectivity index (χ1n) is 7.86. The Morgan fingerprint density at radius 2 is 1.36 bits per heavy atom. The number of phenols is 1. The quantitative estimate of drug-likeness (QED) is 0.575. The fourth-order valence-electron chi connectivity index (χ4n) is 3.13. The highest BCUT2D eigenvalue weighted by Gasteiger charge is 2.34. The summed E-state index contributed by atoms with van der Waals surface area (Å²) in [6.45, 7) is 1.80. The molecular formula is C21H14O3S. The molecule has 4 heteroatoms. The molecule has 1 aliphatic carbocycles. The SMILES string of the molecule is Cc1cc(Sc2ccccc2)c(O)c2c1C(=O)c1ccccc1C2=O. The number of rotatable bonds is 2. The number of aryl methyl sites for hydroxylation is 1. The molecule has 0 aromatic heterocycles. The maximum absolute atomic E-state index is 12.9. The van der Waals surface area contributed by atoms with Gasteiger partial charge >= 0.3 is 0 Å². The van der Waals surface area contributed by atoms with E-state index in [4.69, 9.17) is 0 Å². The highest BCUT2D eigenvalue weighted by Crippen LogP contribution is 2.42. The molecule has 3 nitrogen and oxygen atoms in total. The molecule has 0 aliphatic heterocycles. The van der Waals surface area contributed by atoms with Crippen LogP contribution in [-0.2, 0) is 0 Å². The first-order valence-corrected chi connectivity index (χ1v) is 8.67. The van der Waals surface area contributed by atoms with Gasteiger partial charge in [0.25, 0.3) is 0 Å². The largest absolute Gasteiger partial charge is 0.506 e. The monoisotopic (exact) mass is 346 g/mol. The lowest BCUT2D eigenvalue weighted by Gasteiger charge is -2.21. The predicted octanol–water partition coefficient (Wildman–Crippen LogP) is 4.63. The Balaban J connectivity index is 1.90. The van der Waals surface area contributed by atoms with E-state index in [1.54, 1.807) is 37.3 Å². The van der Waals surface area contributed by atoms with Crippen LogP contribution in [0, 0.1) is 6.92 Å². The second kappa shape index (κ2) is 5.90. The molecule has 0 heterocycles. The summed E-state index contributed by atoms with van der Waals surface area (Å²) in [6, 6.07) is 18.1. The van der Waals surface area contributed by atoms with E-state index in [1.807, 2.05) is 30.3 Å². The molecule has 0 atom stereocenters. The zero-order chi connectivity index (χ0) is 17.6. The Morgan fingerprint density at radius 3 is 2.00 bits per heavy atom. The van der Waals surface area contributed by atoms with Crippen molar-refractivity contribution >= 4 is 23.3 Å². The van der Waals surface area contributed by atoms with E-state index in [9.17, 15) is 14.7 Å². The highest BCUT2D eigenvalue weighted by atomic mass is 32.2. The fraction of sp³-hybridized carbons (Fsp3) is 0.0476. The summed E-state index contributed by atoms with van der Waals surface area (Å²) < 4.78 is 0. The van der Waals surface area contributed by atoms with Crippen molar-refractivity contribution in [3.63, 3.8) is 0 Å². The molecule has 0 spiro atoms. The van der Waals surface area contributed by atoms with Crippen LogP contribution in [0.5, 0.6) is 5.75 Å². The van der Waals surface area contributed by atoms with Gasteiger partial charge in [-0.15, -0.1) is 0 Å². The van der Waals surface area contributed by atoms with Crippen LogP contribution in [0.1, 0.15) is 37.4 Å². The molecule has 3 aromatic carbocycles. The molecule has 122 valence electrons. The molecule has 3 aromatic rings. The summed E-state index contributed by atoms with van der Waals surface area (Å²) in [5.41, 5.74) is 1.85. The van der Waals surface area contributed by atoms with Gasteiger partial charge in [-0.1, -0.05) is 54.2 Å². The third-order valence-electron chi connectivity index (χ3n) is 4.30. The number of carbonyl (C=O) groups is 2. The van der Waals surface area contributed by atoms with Crippen molar-refractivity contribution in [2.24, 2.45) is 0 Å². The molecule has 1 aliphatic rings. The molecule has 0 radical (unpaired) electrons. The van der Waals surface area contributed by atoms with E-state index in [-0.39, 0.29) is 22.9 Å². The first-order chi connectivity index (χ1) is 12.1. The van der Waals surface area contributed by atoms with Crippen LogP contribution < -0.4 is 0 Å². The van der Waals surface area contributed by atoms with Gasteiger partial charge in [-0.25, -0.2) is 0 Å². The first kappa shape index (κ1) is 15.7. The third-order valence-corrected chi connectivity index (χ3v) is 5.34. The predicted molar refractivity (Wildman–Crippen MR) is 96.7 cm³/mol. The number of aromatic hydroxyl groups is 1. The summed E-state index contributed by atoms with van der Waals surface area (Å²) >= 11 is 1.37.